The van der Waals surface area contributed by atoms with Gasteiger partial charge in [-0.1, -0.05) is 24.3 Å². The van der Waals surface area contributed by atoms with Crippen molar-refractivity contribution in [3.8, 4) is 0 Å². The maximum atomic E-state index is 11.9. The highest BCUT2D eigenvalue weighted by molar-refractivity contribution is 5.28. The molecule has 1 aromatic carbocycles. The second-order valence-electron chi connectivity index (χ2n) is 4.25. The van der Waals surface area contributed by atoms with Gasteiger partial charge in [0.05, 0.1) is 0 Å². The summed E-state index contributed by atoms with van der Waals surface area (Å²) in [5.74, 6) is 0. The Bertz CT molecular complexity index is 347. The van der Waals surface area contributed by atoms with Crippen LogP contribution in [0.3, 0.4) is 0 Å². The molecule has 1 N–H and O–H groups in total. The molecule has 0 bridgehead atoms. The molecule has 0 saturated heterocycles. The topological polar surface area (TPSA) is 12.0 Å². The van der Waals surface area contributed by atoms with Gasteiger partial charge in [0.2, 0.25) is 0 Å². The van der Waals surface area contributed by atoms with Crippen LogP contribution in [0.4, 0.5) is 13.2 Å². The first kappa shape index (κ1) is 14.0. The molecule has 0 heterocycles. The first-order valence-electron chi connectivity index (χ1n) is 5.76. The average molecular weight is 245 g/mol. The van der Waals surface area contributed by atoms with E-state index in [9.17, 15) is 13.2 Å². The lowest BCUT2D eigenvalue weighted by atomic mass is 10.0. The third kappa shape index (κ3) is 5.22. The minimum Gasteiger partial charge on any atom is -0.310 e. The van der Waals surface area contributed by atoms with Crippen LogP contribution in [-0.2, 0) is 0 Å². The minimum absolute atomic E-state index is 0.0874. The average Bonchev–Trinajstić information content (AvgIpc) is 2.23. The number of rotatable bonds is 5. The summed E-state index contributed by atoms with van der Waals surface area (Å²) in [6.45, 7) is 4.36. The van der Waals surface area contributed by atoms with Gasteiger partial charge in [0, 0.05) is 12.5 Å². The van der Waals surface area contributed by atoms with Crippen molar-refractivity contribution >= 4 is 0 Å². The summed E-state index contributed by atoms with van der Waals surface area (Å²) in [5.41, 5.74) is 2.29. The monoisotopic (exact) mass is 245 g/mol. The van der Waals surface area contributed by atoms with E-state index in [1.54, 1.807) is 0 Å². The fourth-order valence-electron chi connectivity index (χ4n) is 1.79. The summed E-state index contributed by atoms with van der Waals surface area (Å²) in [6.07, 6.45) is -4.65. The van der Waals surface area contributed by atoms with Gasteiger partial charge in [0.15, 0.2) is 0 Å². The van der Waals surface area contributed by atoms with Gasteiger partial charge < -0.3 is 5.32 Å². The molecule has 1 atom stereocenters. The predicted molar refractivity (Wildman–Crippen MR) is 62.9 cm³/mol. The number of halogens is 3. The molecule has 0 aliphatic rings. The molecule has 0 amide bonds. The number of hydrogen-bond donors (Lipinski definition) is 1. The second kappa shape index (κ2) is 6.05. The quantitative estimate of drug-likeness (QED) is 0.773. The molecular weight excluding hydrogens is 227 g/mol. The van der Waals surface area contributed by atoms with Gasteiger partial charge in [-0.25, -0.2) is 0 Å². The van der Waals surface area contributed by atoms with E-state index >= 15 is 0 Å². The molecule has 96 valence electrons. The van der Waals surface area contributed by atoms with Gasteiger partial charge in [-0.3, -0.25) is 0 Å². The Morgan fingerprint density at radius 1 is 1.24 bits per heavy atom. The lowest BCUT2D eigenvalue weighted by Crippen LogP contribution is -2.22. The first-order valence-corrected chi connectivity index (χ1v) is 5.76. The maximum absolute atomic E-state index is 11.9. The lowest BCUT2D eigenvalue weighted by Gasteiger charge is -2.16. The van der Waals surface area contributed by atoms with Crippen molar-refractivity contribution in [2.45, 2.75) is 38.9 Å². The van der Waals surface area contributed by atoms with Crippen molar-refractivity contribution in [1.29, 1.82) is 0 Å². The van der Waals surface area contributed by atoms with E-state index in [0.717, 1.165) is 11.1 Å². The molecule has 1 rings (SSSR count). The van der Waals surface area contributed by atoms with E-state index in [1.165, 1.54) is 0 Å². The van der Waals surface area contributed by atoms with Crippen molar-refractivity contribution < 1.29 is 13.2 Å². The van der Waals surface area contributed by atoms with Crippen LogP contribution in [0.15, 0.2) is 24.3 Å². The highest BCUT2D eigenvalue weighted by Gasteiger charge is 2.25. The summed E-state index contributed by atoms with van der Waals surface area (Å²) >= 11 is 0. The lowest BCUT2D eigenvalue weighted by molar-refractivity contribution is -0.135. The SMILES string of the molecule is Cc1ccccc1[C@H](C)NCCCC(F)(F)F. The normalized spacial score (nSPS) is 13.7. The van der Waals surface area contributed by atoms with Crippen molar-refractivity contribution in [2.75, 3.05) is 6.54 Å². The van der Waals surface area contributed by atoms with Gasteiger partial charge >= 0.3 is 6.18 Å². The van der Waals surface area contributed by atoms with Crippen LogP contribution in [0.2, 0.25) is 0 Å². The molecule has 17 heavy (non-hydrogen) atoms. The molecule has 0 saturated carbocycles. The Labute approximate surface area is 100 Å². The Morgan fingerprint density at radius 2 is 1.88 bits per heavy atom. The van der Waals surface area contributed by atoms with Crippen LogP contribution >= 0.6 is 0 Å². The van der Waals surface area contributed by atoms with E-state index in [4.69, 9.17) is 0 Å². The molecule has 4 heteroatoms. The summed E-state index contributed by atoms with van der Waals surface area (Å²) < 4.78 is 35.8. The molecular formula is C13H18F3N. The van der Waals surface area contributed by atoms with Crippen LogP contribution < -0.4 is 5.32 Å². The van der Waals surface area contributed by atoms with Crippen LogP contribution in [0, 0.1) is 6.92 Å². The molecule has 0 unspecified atom stereocenters. The predicted octanol–water partition coefficient (Wildman–Crippen LogP) is 3.99. The summed E-state index contributed by atoms with van der Waals surface area (Å²) in [7, 11) is 0. The third-order valence-electron chi connectivity index (χ3n) is 2.74. The molecule has 0 aliphatic heterocycles. The zero-order chi connectivity index (χ0) is 12.9. The van der Waals surface area contributed by atoms with Crippen molar-refractivity contribution in [2.24, 2.45) is 0 Å². The summed E-state index contributed by atoms with van der Waals surface area (Å²) in [4.78, 5) is 0. The zero-order valence-corrected chi connectivity index (χ0v) is 10.1. The maximum Gasteiger partial charge on any atom is 0.389 e. The van der Waals surface area contributed by atoms with E-state index in [0.29, 0.717) is 6.54 Å². The van der Waals surface area contributed by atoms with Crippen molar-refractivity contribution in [3.63, 3.8) is 0 Å². The Balaban J connectivity index is 2.36. The molecule has 0 radical (unpaired) electrons. The van der Waals surface area contributed by atoms with E-state index in [-0.39, 0.29) is 12.5 Å². The Hall–Kier alpha value is -1.03. The zero-order valence-electron chi connectivity index (χ0n) is 10.1. The van der Waals surface area contributed by atoms with Gasteiger partial charge in [-0.2, -0.15) is 13.2 Å². The molecule has 1 nitrogen and oxygen atoms in total. The third-order valence-corrected chi connectivity index (χ3v) is 2.74. The number of benzene rings is 1. The number of hydrogen-bond acceptors (Lipinski definition) is 1. The van der Waals surface area contributed by atoms with Crippen LogP contribution in [0.1, 0.15) is 36.9 Å². The van der Waals surface area contributed by atoms with E-state index < -0.39 is 12.6 Å². The van der Waals surface area contributed by atoms with Crippen molar-refractivity contribution in [1.82, 2.24) is 5.32 Å². The fourth-order valence-corrected chi connectivity index (χ4v) is 1.79. The Kier molecular flexibility index (Phi) is 5.00. The standard InChI is InChI=1S/C13H18F3N/c1-10-6-3-4-7-12(10)11(2)17-9-5-8-13(14,15)16/h3-4,6-7,11,17H,5,8-9H2,1-2H3/t11-/m0/s1. The van der Waals surface area contributed by atoms with E-state index in [1.807, 2.05) is 38.1 Å². The van der Waals surface area contributed by atoms with Crippen molar-refractivity contribution in [3.05, 3.63) is 35.4 Å². The van der Waals surface area contributed by atoms with E-state index in [2.05, 4.69) is 5.32 Å². The molecule has 0 fully saturated rings. The second-order valence-corrected chi connectivity index (χ2v) is 4.25. The fraction of sp³-hybridized carbons (Fsp3) is 0.538. The number of aryl methyl sites for hydroxylation is 1. The first-order chi connectivity index (χ1) is 7.90. The number of nitrogens with one attached hydrogen (secondary N) is 1. The largest absolute Gasteiger partial charge is 0.389 e. The Morgan fingerprint density at radius 3 is 2.47 bits per heavy atom. The minimum atomic E-state index is -4.05. The van der Waals surface area contributed by atoms with Crippen LogP contribution in [-0.4, -0.2) is 12.7 Å². The molecule has 0 aromatic heterocycles. The molecule has 0 spiro atoms. The van der Waals surface area contributed by atoms with Crippen LogP contribution in [0.25, 0.3) is 0 Å². The molecule has 1 aromatic rings. The highest BCUT2D eigenvalue weighted by Crippen LogP contribution is 2.21. The van der Waals surface area contributed by atoms with Gasteiger partial charge in [-0.15, -0.1) is 0 Å². The summed E-state index contributed by atoms with van der Waals surface area (Å²) in [5, 5.41) is 3.11. The highest BCUT2D eigenvalue weighted by atomic mass is 19.4. The van der Waals surface area contributed by atoms with Gasteiger partial charge in [0.25, 0.3) is 0 Å². The van der Waals surface area contributed by atoms with Gasteiger partial charge in [-0.05, 0) is 37.9 Å². The van der Waals surface area contributed by atoms with Gasteiger partial charge in [0.1, 0.15) is 0 Å². The summed E-state index contributed by atoms with van der Waals surface area (Å²) in [6, 6.07) is 7.98. The smallest absolute Gasteiger partial charge is 0.310 e. The number of alkyl halides is 3. The van der Waals surface area contributed by atoms with Crippen LogP contribution in [0.5, 0.6) is 0 Å². The molecule has 0 aliphatic carbocycles.